The lowest BCUT2D eigenvalue weighted by molar-refractivity contribution is -0.137. The molecule has 3 aliphatic rings. The molecule has 0 bridgehead atoms. The quantitative estimate of drug-likeness (QED) is 0.0221. The molecule has 111 heavy (non-hydrogen) atoms. The molecule has 3 aliphatic heterocycles. The number of halogens is 7. The van der Waals surface area contributed by atoms with Crippen LogP contribution in [-0.4, -0.2) is 172 Å². The maximum absolute atomic E-state index is 14.2. The molecule has 0 spiro atoms. The van der Waals surface area contributed by atoms with Crippen LogP contribution in [0.2, 0.25) is 5.02 Å². The third-order valence-corrected chi connectivity index (χ3v) is 16.8. The van der Waals surface area contributed by atoms with Gasteiger partial charge in [0.05, 0.1) is 152 Å². The molecule has 15 rings (SSSR count). The third-order valence-electron chi connectivity index (χ3n) is 16.5. The Morgan fingerprint density at radius 1 is 0.432 bits per heavy atom. The van der Waals surface area contributed by atoms with Crippen molar-refractivity contribution < 1.29 is 40.6 Å². The van der Waals surface area contributed by atoms with Gasteiger partial charge in [-0.05, 0) is 115 Å². The molecule has 12 heterocycles. The van der Waals surface area contributed by atoms with Crippen molar-refractivity contribution in [3.8, 4) is 33.8 Å². The number of morpholine rings is 3. The molecule has 0 radical (unpaired) electrons. The summed E-state index contributed by atoms with van der Waals surface area (Å²) in [6.07, 6.45) is 18.6. The lowest BCUT2D eigenvalue weighted by atomic mass is 10.0. The summed E-state index contributed by atoms with van der Waals surface area (Å²) >= 11 is 6.56. The molecule has 0 atom stereocenters. The third kappa shape index (κ3) is 21.0. The Kier molecular flexibility index (Phi) is 25.2. The molecule has 37 heteroatoms. The first-order chi connectivity index (χ1) is 54.2. The van der Waals surface area contributed by atoms with Crippen LogP contribution in [0.15, 0.2) is 199 Å². The predicted molar refractivity (Wildman–Crippen MR) is 408 cm³/mol. The van der Waals surface area contributed by atoms with Crippen LogP contribution < -0.4 is 46.9 Å². The van der Waals surface area contributed by atoms with E-state index in [0.717, 1.165) is 69.8 Å². The van der Waals surface area contributed by atoms with Crippen LogP contribution in [0.5, 0.6) is 0 Å². The second-order valence-electron chi connectivity index (χ2n) is 24.1. The highest BCUT2D eigenvalue weighted by Gasteiger charge is 2.34. The molecular formula is C74H66ClF6N27O3. The number of hydrogen-bond donors (Lipinski definition) is 6. The first kappa shape index (κ1) is 75.8. The van der Waals surface area contributed by atoms with Crippen LogP contribution in [0.1, 0.15) is 28.2 Å². The van der Waals surface area contributed by atoms with Gasteiger partial charge in [0.1, 0.15) is 12.7 Å². The smallest absolute Gasteiger partial charge is 0.378 e. The second-order valence-corrected chi connectivity index (χ2v) is 24.5. The van der Waals surface area contributed by atoms with E-state index in [1.54, 1.807) is 66.4 Å². The molecule has 0 unspecified atom stereocenters. The Hall–Kier alpha value is -13.5. The number of ether oxygens (including phenoxy) is 3. The molecule has 12 aromatic rings. The standard InChI is InChI=1S/C25H23ClFN9O.C25H21F4N9O.C24H22FN9O/c1-16-10-17(22-4-5-28-15-31-22)11-20(26)23(16)33-19-3-2-18(29-12-19)13-32-35-25-30-14-21(27)24(34-25)36-6-8-37-9-7-36;26-22-14-33-24(36-23(22)38-5-7-39-8-6-38)37-34-13-18-1-2-19(12-32-18)35-17-3-4-20(16-10-30-15-31-11-16)21(9-17)25(27,28)29;25-21-16-29-24(32-23(21)34-10-12-35-13-11-34)33-30-15-19-6-7-20(14-28-19)31-18-4-2-17(3-5-18)22-26-8-1-9-27-22/h2-5,10-15,33H,6-9H2,1H3,(H,30,34,35);1-4,9-15,35H,5-8H2,(H,33,36,37);1-9,14-16,31H,10-13H2,(H,29,32,33)/b32-13+;34-13+;30-15+. The monoisotopic (exact) mass is 1530 g/mol. The van der Waals surface area contributed by atoms with Gasteiger partial charge in [-0.1, -0.05) is 17.7 Å². The summed E-state index contributed by atoms with van der Waals surface area (Å²) in [6, 6.07) is 29.9. The number of anilines is 12. The number of benzene rings is 3. The Morgan fingerprint density at radius 3 is 1.32 bits per heavy atom. The topological polar surface area (TPSA) is 340 Å². The number of nitrogens with zero attached hydrogens (tertiary/aromatic N) is 21. The van der Waals surface area contributed by atoms with E-state index in [4.69, 9.17) is 25.8 Å². The van der Waals surface area contributed by atoms with Crippen LogP contribution in [-0.2, 0) is 20.4 Å². The molecule has 0 amide bonds. The number of rotatable bonds is 21. The fourth-order valence-electron chi connectivity index (χ4n) is 11.0. The van der Waals surface area contributed by atoms with Crippen LogP contribution in [0.3, 0.4) is 0 Å². The van der Waals surface area contributed by atoms with Crippen molar-refractivity contribution >= 4 is 99.7 Å². The molecule has 564 valence electrons. The predicted octanol–water partition coefficient (Wildman–Crippen LogP) is 12.5. The molecule has 0 aliphatic carbocycles. The number of hydrogen-bond acceptors (Lipinski definition) is 30. The van der Waals surface area contributed by atoms with Crippen molar-refractivity contribution in [2.45, 2.75) is 13.1 Å². The average Bonchev–Trinajstić information content (AvgIpc) is 0.808. The van der Waals surface area contributed by atoms with Crippen LogP contribution in [0.25, 0.3) is 33.8 Å². The van der Waals surface area contributed by atoms with Gasteiger partial charge in [0, 0.05) is 98.3 Å². The molecule has 3 saturated heterocycles. The van der Waals surface area contributed by atoms with Gasteiger partial charge < -0.3 is 44.9 Å². The van der Waals surface area contributed by atoms with Crippen LogP contribution >= 0.6 is 11.6 Å². The largest absolute Gasteiger partial charge is 0.417 e. The minimum atomic E-state index is -4.58. The summed E-state index contributed by atoms with van der Waals surface area (Å²) < 4.78 is 99.6. The summed E-state index contributed by atoms with van der Waals surface area (Å²) in [5, 5.41) is 22.4. The number of aromatic nitrogens is 15. The SMILES string of the molecule is Cc1cc(-c2ccncn2)cc(Cl)c1Nc1ccc(/C=N/Nc2ncc(F)c(N3CCOCC3)n2)nc1.Fc1cnc(N/N=C/c2ccc(Nc3ccc(-c4cncnc4)c(C(F)(F)F)c3)cn2)nc1N1CCOCC1.Fc1cnc(N/N=C/c2ccc(Nc3ccc(-c4ncccn4)cc3)cn2)nc1N1CCOCC1. The molecule has 0 saturated carbocycles. The summed E-state index contributed by atoms with van der Waals surface area (Å²) in [6.45, 7) is 8.40. The van der Waals surface area contributed by atoms with E-state index >= 15 is 0 Å². The zero-order chi connectivity index (χ0) is 76.7. The van der Waals surface area contributed by atoms with Gasteiger partial charge in [0.15, 0.2) is 40.7 Å². The average molecular weight is 1530 g/mol. The van der Waals surface area contributed by atoms with Crippen molar-refractivity contribution in [2.75, 3.05) is 126 Å². The number of pyridine rings is 3. The molecule has 3 aromatic carbocycles. The highest BCUT2D eigenvalue weighted by Crippen LogP contribution is 2.39. The van der Waals surface area contributed by atoms with Crippen LogP contribution in [0, 0.1) is 24.4 Å². The minimum absolute atomic E-state index is 0.0203. The van der Waals surface area contributed by atoms with Gasteiger partial charge >= 0.3 is 6.18 Å². The maximum atomic E-state index is 14.2. The van der Waals surface area contributed by atoms with Crippen molar-refractivity contribution in [1.29, 1.82) is 0 Å². The van der Waals surface area contributed by atoms with Gasteiger partial charge in [-0.3, -0.25) is 15.0 Å². The zero-order valence-corrected chi connectivity index (χ0v) is 59.6. The fourth-order valence-corrected chi connectivity index (χ4v) is 11.4. The Bertz CT molecular complexity index is 5120. The van der Waals surface area contributed by atoms with Gasteiger partial charge in [0.25, 0.3) is 0 Å². The molecule has 3 fully saturated rings. The van der Waals surface area contributed by atoms with E-state index in [2.05, 4.69) is 122 Å². The normalized spacial score (nSPS) is 13.8. The van der Waals surface area contributed by atoms with Gasteiger partial charge in [0.2, 0.25) is 17.8 Å². The van der Waals surface area contributed by atoms with Gasteiger partial charge in [-0.25, -0.2) is 74.3 Å². The molecule has 30 nitrogen and oxygen atoms in total. The van der Waals surface area contributed by atoms with Crippen LogP contribution in [0.4, 0.5) is 95.8 Å². The summed E-state index contributed by atoms with van der Waals surface area (Å²) in [5.41, 5.74) is 16.8. The van der Waals surface area contributed by atoms with Crippen molar-refractivity contribution in [2.24, 2.45) is 15.3 Å². The minimum Gasteiger partial charge on any atom is -0.378 e. The van der Waals surface area contributed by atoms with Gasteiger partial charge in [-0.2, -0.15) is 43.4 Å². The van der Waals surface area contributed by atoms with Crippen molar-refractivity contribution in [1.82, 2.24) is 74.8 Å². The van der Waals surface area contributed by atoms with E-state index in [1.165, 1.54) is 55.8 Å². The number of hydrazone groups is 3. The first-order valence-electron chi connectivity index (χ1n) is 34.2. The second kappa shape index (κ2) is 36.9. The Labute approximate surface area is 634 Å². The summed E-state index contributed by atoms with van der Waals surface area (Å²) in [7, 11) is 0. The van der Waals surface area contributed by atoms with E-state index < -0.39 is 29.2 Å². The van der Waals surface area contributed by atoms with E-state index in [-0.39, 0.29) is 52.1 Å². The summed E-state index contributed by atoms with van der Waals surface area (Å²) in [5.74, 6) is 0.303. The lowest BCUT2D eigenvalue weighted by Gasteiger charge is -2.27. The number of aryl methyl sites for hydroxylation is 1. The van der Waals surface area contributed by atoms with Gasteiger partial charge in [-0.15, -0.1) is 0 Å². The molecule has 6 N–H and O–H groups in total. The van der Waals surface area contributed by atoms with Crippen molar-refractivity contribution in [3.05, 3.63) is 235 Å². The number of alkyl halides is 3. The van der Waals surface area contributed by atoms with E-state index in [9.17, 15) is 26.3 Å². The Balaban J connectivity index is 0.000000146. The van der Waals surface area contributed by atoms with Crippen molar-refractivity contribution in [3.63, 3.8) is 0 Å². The molecular weight excluding hydrogens is 1460 g/mol. The zero-order valence-electron chi connectivity index (χ0n) is 58.8. The maximum Gasteiger partial charge on any atom is 0.417 e. The fraction of sp³-hybridized carbons (Fsp3) is 0.189. The highest BCUT2D eigenvalue weighted by molar-refractivity contribution is 6.34. The summed E-state index contributed by atoms with van der Waals surface area (Å²) in [4.78, 5) is 67.2. The lowest BCUT2D eigenvalue weighted by Crippen LogP contribution is -2.37. The highest BCUT2D eigenvalue weighted by atomic mass is 35.5. The Morgan fingerprint density at radius 2 is 0.883 bits per heavy atom. The van der Waals surface area contributed by atoms with E-state index in [0.29, 0.717) is 113 Å². The molecule has 9 aromatic heterocycles. The van der Waals surface area contributed by atoms with E-state index in [1.807, 2.05) is 77.4 Å². The number of nitrogens with one attached hydrogen (secondary N) is 6. The first-order valence-corrected chi connectivity index (χ1v) is 34.6.